The maximum atomic E-state index is 13.0. The number of amides is 1. The molecule has 32 heavy (non-hydrogen) atoms. The van der Waals surface area contributed by atoms with Crippen LogP contribution in [0.15, 0.2) is 48.7 Å². The summed E-state index contributed by atoms with van der Waals surface area (Å²) < 4.78 is 0. The average Bonchev–Trinajstić information content (AvgIpc) is 3.42. The number of H-pyrrole nitrogens is 1. The van der Waals surface area contributed by atoms with Gasteiger partial charge in [-0.15, -0.1) is 0 Å². The summed E-state index contributed by atoms with van der Waals surface area (Å²) in [5.74, 6) is 0.999. The van der Waals surface area contributed by atoms with E-state index >= 15 is 0 Å². The summed E-state index contributed by atoms with van der Waals surface area (Å²) in [6.45, 7) is 6.05. The molecule has 4 nitrogen and oxygen atoms in total. The lowest BCUT2D eigenvalue weighted by Crippen LogP contribution is -2.32. The van der Waals surface area contributed by atoms with E-state index in [0.717, 1.165) is 54.3 Å². The quantitative estimate of drug-likeness (QED) is 0.404. The molecule has 2 N–H and O–H groups in total. The number of aromatic nitrogens is 1. The molecule has 4 rings (SSSR count). The molecule has 1 saturated carbocycles. The number of hydrogen-bond donors (Lipinski definition) is 2. The molecule has 1 amide bonds. The SMILES string of the molecule is CCC(=O)NC1CCC(CCC(C)C(=O)c2ccc(-c3ccc4[nH]cc(C)c4c3)cc2)C1. The highest BCUT2D eigenvalue weighted by Gasteiger charge is 2.26. The summed E-state index contributed by atoms with van der Waals surface area (Å²) in [4.78, 5) is 27.9. The van der Waals surface area contributed by atoms with Crippen LogP contribution in [0.3, 0.4) is 0 Å². The zero-order valence-electron chi connectivity index (χ0n) is 19.4. The molecule has 0 spiro atoms. The van der Waals surface area contributed by atoms with Gasteiger partial charge in [0.2, 0.25) is 5.91 Å². The number of carbonyl (C=O) groups is 2. The maximum absolute atomic E-state index is 13.0. The van der Waals surface area contributed by atoms with Gasteiger partial charge in [-0.25, -0.2) is 0 Å². The lowest BCUT2D eigenvalue weighted by Gasteiger charge is -2.15. The van der Waals surface area contributed by atoms with Crippen LogP contribution in [0.5, 0.6) is 0 Å². The Balaban J connectivity index is 1.33. The van der Waals surface area contributed by atoms with Gasteiger partial charge in [-0.1, -0.05) is 44.2 Å². The van der Waals surface area contributed by atoms with E-state index in [2.05, 4.69) is 47.6 Å². The van der Waals surface area contributed by atoms with Crippen LogP contribution in [0.4, 0.5) is 0 Å². The highest BCUT2D eigenvalue weighted by molar-refractivity contribution is 5.98. The average molecular weight is 431 g/mol. The first kappa shape index (κ1) is 22.3. The molecule has 4 heteroatoms. The molecule has 1 aromatic heterocycles. The van der Waals surface area contributed by atoms with Crippen LogP contribution in [0.25, 0.3) is 22.0 Å². The van der Waals surface area contributed by atoms with Crippen molar-refractivity contribution in [2.24, 2.45) is 11.8 Å². The van der Waals surface area contributed by atoms with Gasteiger partial charge in [0.1, 0.15) is 0 Å². The second-order valence-corrected chi connectivity index (χ2v) is 9.45. The van der Waals surface area contributed by atoms with Crippen molar-refractivity contribution in [2.75, 3.05) is 0 Å². The second kappa shape index (κ2) is 9.72. The van der Waals surface area contributed by atoms with Gasteiger partial charge in [0, 0.05) is 41.0 Å². The smallest absolute Gasteiger partial charge is 0.219 e. The van der Waals surface area contributed by atoms with Gasteiger partial charge in [-0.05, 0) is 73.8 Å². The second-order valence-electron chi connectivity index (χ2n) is 9.45. The summed E-state index contributed by atoms with van der Waals surface area (Å²) in [7, 11) is 0. The minimum atomic E-state index is 0.0176. The molecule has 1 fully saturated rings. The predicted molar refractivity (Wildman–Crippen MR) is 131 cm³/mol. The van der Waals surface area contributed by atoms with Crippen LogP contribution in [-0.2, 0) is 4.79 Å². The van der Waals surface area contributed by atoms with Crippen LogP contribution in [0.2, 0.25) is 0 Å². The van der Waals surface area contributed by atoms with Crippen LogP contribution >= 0.6 is 0 Å². The van der Waals surface area contributed by atoms with Crippen molar-refractivity contribution in [1.29, 1.82) is 0 Å². The van der Waals surface area contributed by atoms with Gasteiger partial charge in [-0.3, -0.25) is 9.59 Å². The monoisotopic (exact) mass is 430 g/mol. The normalized spacial score (nSPS) is 19.2. The number of aromatic amines is 1. The van der Waals surface area contributed by atoms with Crippen LogP contribution in [-0.4, -0.2) is 22.7 Å². The van der Waals surface area contributed by atoms with Gasteiger partial charge in [-0.2, -0.15) is 0 Å². The molecule has 1 aliphatic rings. The molecule has 3 atom stereocenters. The Morgan fingerprint density at radius 2 is 1.84 bits per heavy atom. The Morgan fingerprint density at radius 1 is 1.09 bits per heavy atom. The summed E-state index contributed by atoms with van der Waals surface area (Å²) in [6.07, 6.45) is 7.80. The fraction of sp³-hybridized carbons (Fsp3) is 0.429. The lowest BCUT2D eigenvalue weighted by molar-refractivity contribution is -0.121. The zero-order chi connectivity index (χ0) is 22.7. The number of benzene rings is 2. The zero-order valence-corrected chi connectivity index (χ0v) is 19.4. The van der Waals surface area contributed by atoms with Crippen molar-refractivity contribution in [2.45, 2.75) is 65.3 Å². The highest BCUT2D eigenvalue weighted by atomic mass is 16.1. The topological polar surface area (TPSA) is 62.0 Å². The van der Waals surface area contributed by atoms with Crippen molar-refractivity contribution in [3.8, 4) is 11.1 Å². The number of hydrogen-bond acceptors (Lipinski definition) is 2. The first-order chi connectivity index (χ1) is 15.4. The van der Waals surface area contributed by atoms with Crippen molar-refractivity contribution in [3.63, 3.8) is 0 Å². The molecule has 168 valence electrons. The molecular weight excluding hydrogens is 396 g/mol. The summed E-state index contributed by atoms with van der Waals surface area (Å²) in [6, 6.07) is 14.8. The number of fused-ring (bicyclic) bond motifs is 1. The molecule has 0 aliphatic heterocycles. The minimum absolute atomic E-state index is 0.0176. The van der Waals surface area contributed by atoms with E-state index in [1.165, 1.54) is 10.9 Å². The molecule has 3 unspecified atom stereocenters. The third kappa shape index (κ3) is 4.95. The molecule has 2 aromatic carbocycles. The Labute approximate surface area is 190 Å². The minimum Gasteiger partial charge on any atom is -0.361 e. The molecule has 0 bridgehead atoms. The molecule has 0 saturated heterocycles. The number of carbonyl (C=O) groups excluding carboxylic acids is 2. The number of rotatable bonds is 8. The molecular formula is C28H34N2O2. The number of ketones is 1. The van der Waals surface area contributed by atoms with Crippen LogP contribution in [0.1, 0.15) is 68.3 Å². The van der Waals surface area contributed by atoms with E-state index in [1.807, 2.05) is 32.2 Å². The Morgan fingerprint density at radius 3 is 2.59 bits per heavy atom. The van der Waals surface area contributed by atoms with Crippen molar-refractivity contribution >= 4 is 22.6 Å². The van der Waals surface area contributed by atoms with Crippen molar-refractivity contribution in [3.05, 3.63) is 59.8 Å². The van der Waals surface area contributed by atoms with E-state index in [0.29, 0.717) is 18.4 Å². The third-order valence-corrected chi connectivity index (χ3v) is 7.07. The van der Waals surface area contributed by atoms with E-state index in [4.69, 9.17) is 0 Å². The Bertz CT molecular complexity index is 1100. The Hall–Kier alpha value is -2.88. The molecule has 3 aromatic rings. The first-order valence-corrected chi connectivity index (χ1v) is 12.0. The van der Waals surface area contributed by atoms with Crippen LogP contribution < -0.4 is 5.32 Å². The summed E-state index contributed by atoms with van der Waals surface area (Å²) in [5.41, 5.74) is 5.47. The van der Waals surface area contributed by atoms with Crippen LogP contribution in [0, 0.1) is 18.8 Å². The number of nitrogens with one attached hydrogen (secondary N) is 2. The number of aryl methyl sites for hydroxylation is 1. The maximum Gasteiger partial charge on any atom is 0.219 e. The Kier molecular flexibility index (Phi) is 6.78. The molecule has 1 aliphatic carbocycles. The van der Waals surface area contributed by atoms with E-state index in [-0.39, 0.29) is 17.6 Å². The fourth-order valence-corrected chi connectivity index (χ4v) is 4.97. The first-order valence-electron chi connectivity index (χ1n) is 12.0. The van der Waals surface area contributed by atoms with Gasteiger partial charge in [0.15, 0.2) is 5.78 Å². The fourth-order valence-electron chi connectivity index (χ4n) is 4.97. The molecule has 0 radical (unpaired) electrons. The van der Waals surface area contributed by atoms with Gasteiger partial charge in [0.25, 0.3) is 0 Å². The van der Waals surface area contributed by atoms with Gasteiger partial charge < -0.3 is 10.3 Å². The number of Topliss-reactive ketones (excluding diaryl/α,β-unsaturated/α-hetero) is 1. The summed E-state index contributed by atoms with van der Waals surface area (Å²) >= 11 is 0. The van der Waals surface area contributed by atoms with Gasteiger partial charge >= 0.3 is 0 Å². The molecule has 1 heterocycles. The van der Waals surface area contributed by atoms with Crippen molar-refractivity contribution in [1.82, 2.24) is 10.3 Å². The summed E-state index contributed by atoms with van der Waals surface area (Å²) in [5, 5.41) is 4.35. The standard InChI is InChI=1S/C28H34N2O2/c1-4-27(31)30-24-13-7-20(15-24)6-5-18(2)28(32)22-10-8-21(9-11-22)23-12-14-26-25(16-23)19(3)17-29-26/h8-12,14,16-18,20,24,29H,4-7,13,15H2,1-3H3,(H,30,31). The van der Waals surface area contributed by atoms with E-state index in [9.17, 15) is 9.59 Å². The van der Waals surface area contributed by atoms with Crippen molar-refractivity contribution < 1.29 is 9.59 Å². The van der Waals surface area contributed by atoms with E-state index in [1.54, 1.807) is 0 Å². The highest BCUT2D eigenvalue weighted by Crippen LogP contribution is 2.31. The predicted octanol–water partition coefficient (Wildman–Crippen LogP) is 6.44. The van der Waals surface area contributed by atoms with Gasteiger partial charge in [0.05, 0.1) is 0 Å². The largest absolute Gasteiger partial charge is 0.361 e. The third-order valence-electron chi connectivity index (χ3n) is 7.07. The lowest BCUT2D eigenvalue weighted by atomic mass is 9.90. The van der Waals surface area contributed by atoms with E-state index < -0.39 is 0 Å².